The van der Waals surface area contributed by atoms with Crippen molar-refractivity contribution >= 4 is 21.7 Å². The molecular formula is C14H17BrN4. The van der Waals surface area contributed by atoms with Crippen LogP contribution in [0.3, 0.4) is 0 Å². The molecule has 0 aliphatic carbocycles. The van der Waals surface area contributed by atoms with Crippen LogP contribution in [0.25, 0.3) is 0 Å². The fourth-order valence-electron chi connectivity index (χ4n) is 1.82. The third-order valence-electron chi connectivity index (χ3n) is 2.79. The zero-order valence-electron chi connectivity index (χ0n) is 11.1. The fourth-order valence-corrected chi connectivity index (χ4v) is 2.23. The van der Waals surface area contributed by atoms with Crippen LogP contribution in [-0.4, -0.2) is 29.0 Å². The molecule has 0 saturated carbocycles. The summed E-state index contributed by atoms with van der Waals surface area (Å²) < 4.78 is 1.14. The molecule has 1 aromatic heterocycles. The van der Waals surface area contributed by atoms with Crippen LogP contribution in [0.1, 0.15) is 11.3 Å². The summed E-state index contributed by atoms with van der Waals surface area (Å²) in [6.07, 6.45) is 3.56. The predicted octanol–water partition coefficient (Wildman–Crippen LogP) is 2.91. The van der Waals surface area contributed by atoms with E-state index in [4.69, 9.17) is 0 Å². The van der Waals surface area contributed by atoms with Gasteiger partial charge in [-0.3, -0.25) is 9.88 Å². The number of nitrogens with zero attached hydrogens (tertiary/aromatic N) is 3. The fraction of sp³-hybridized carbons (Fsp3) is 0.286. The first-order valence-electron chi connectivity index (χ1n) is 6.09. The number of benzene rings is 1. The minimum absolute atomic E-state index is 0.776. The summed E-state index contributed by atoms with van der Waals surface area (Å²) in [5, 5.41) is 2.96. The van der Waals surface area contributed by atoms with Crippen LogP contribution in [0.2, 0.25) is 0 Å². The molecule has 0 fully saturated rings. The van der Waals surface area contributed by atoms with Crippen molar-refractivity contribution in [3.63, 3.8) is 0 Å². The van der Waals surface area contributed by atoms with Gasteiger partial charge in [0.25, 0.3) is 0 Å². The van der Waals surface area contributed by atoms with Gasteiger partial charge >= 0.3 is 0 Å². The Kier molecular flexibility index (Phi) is 4.87. The molecular weight excluding hydrogens is 304 g/mol. The molecule has 1 N–H and O–H groups in total. The first kappa shape index (κ1) is 14.0. The minimum Gasteiger partial charge on any atom is -0.372 e. The number of halogens is 1. The lowest BCUT2D eigenvalue weighted by molar-refractivity contribution is 0.314. The van der Waals surface area contributed by atoms with Crippen molar-refractivity contribution in [2.45, 2.75) is 13.1 Å². The first-order chi connectivity index (χ1) is 9.19. The maximum atomic E-state index is 4.38. The van der Waals surface area contributed by atoms with Gasteiger partial charge in [0.2, 0.25) is 0 Å². The first-order valence-corrected chi connectivity index (χ1v) is 6.89. The molecule has 1 heterocycles. The van der Waals surface area contributed by atoms with Crippen molar-refractivity contribution in [2.75, 3.05) is 19.4 Å². The summed E-state index contributed by atoms with van der Waals surface area (Å²) in [6.45, 7) is 1.65. The topological polar surface area (TPSA) is 41.1 Å². The molecule has 1 aromatic carbocycles. The van der Waals surface area contributed by atoms with Gasteiger partial charge in [-0.25, -0.2) is 4.98 Å². The second-order valence-electron chi connectivity index (χ2n) is 4.41. The van der Waals surface area contributed by atoms with E-state index >= 15 is 0 Å². The van der Waals surface area contributed by atoms with E-state index in [-0.39, 0.29) is 0 Å². The lowest BCUT2D eigenvalue weighted by Crippen LogP contribution is -2.18. The summed E-state index contributed by atoms with van der Waals surface area (Å²) in [4.78, 5) is 10.9. The summed E-state index contributed by atoms with van der Waals surface area (Å²) in [7, 11) is 3.91. The van der Waals surface area contributed by atoms with Gasteiger partial charge in [-0.05, 0) is 18.7 Å². The van der Waals surface area contributed by atoms with Gasteiger partial charge < -0.3 is 5.32 Å². The molecule has 100 valence electrons. The number of rotatable bonds is 5. The molecule has 0 amide bonds. The lowest BCUT2D eigenvalue weighted by atomic mass is 10.2. The molecule has 0 unspecified atom stereocenters. The van der Waals surface area contributed by atoms with Crippen LogP contribution in [0, 0.1) is 0 Å². The van der Waals surface area contributed by atoms with E-state index in [1.807, 2.05) is 19.3 Å². The SMILES string of the molecule is CNc1cnc(CN(C)Cc2ccccc2Br)cn1. The smallest absolute Gasteiger partial charge is 0.144 e. The Morgan fingerprint density at radius 1 is 1.16 bits per heavy atom. The maximum absolute atomic E-state index is 4.38. The number of nitrogens with one attached hydrogen (secondary N) is 1. The van der Waals surface area contributed by atoms with Crippen molar-refractivity contribution in [2.24, 2.45) is 0 Å². The van der Waals surface area contributed by atoms with Crippen molar-refractivity contribution in [3.05, 3.63) is 52.4 Å². The molecule has 4 nitrogen and oxygen atoms in total. The Morgan fingerprint density at radius 2 is 1.95 bits per heavy atom. The highest BCUT2D eigenvalue weighted by Gasteiger charge is 2.05. The van der Waals surface area contributed by atoms with Crippen molar-refractivity contribution in [1.29, 1.82) is 0 Å². The normalized spacial score (nSPS) is 10.7. The quantitative estimate of drug-likeness (QED) is 0.919. The van der Waals surface area contributed by atoms with Gasteiger partial charge in [-0.1, -0.05) is 34.1 Å². The van der Waals surface area contributed by atoms with Crippen molar-refractivity contribution in [1.82, 2.24) is 14.9 Å². The third kappa shape index (κ3) is 4.01. The molecule has 5 heteroatoms. The van der Waals surface area contributed by atoms with Gasteiger partial charge in [-0.15, -0.1) is 0 Å². The highest BCUT2D eigenvalue weighted by molar-refractivity contribution is 9.10. The van der Waals surface area contributed by atoms with Gasteiger partial charge in [0.05, 0.1) is 18.1 Å². The highest BCUT2D eigenvalue weighted by Crippen LogP contribution is 2.17. The molecule has 2 aromatic rings. The zero-order chi connectivity index (χ0) is 13.7. The van der Waals surface area contributed by atoms with Gasteiger partial charge in [0, 0.05) is 24.6 Å². The molecule has 0 spiro atoms. The second kappa shape index (κ2) is 6.63. The molecule has 0 atom stereocenters. The molecule has 0 aliphatic rings. The standard InChI is InChI=1S/C14H17BrN4/c1-16-14-8-17-12(7-18-14)10-19(2)9-11-5-3-4-6-13(11)15/h3-8H,9-10H2,1-2H3,(H,16,18). The number of hydrogen-bond acceptors (Lipinski definition) is 4. The Morgan fingerprint density at radius 3 is 2.58 bits per heavy atom. The van der Waals surface area contributed by atoms with E-state index in [9.17, 15) is 0 Å². The zero-order valence-corrected chi connectivity index (χ0v) is 12.7. The predicted molar refractivity (Wildman–Crippen MR) is 80.9 cm³/mol. The average Bonchev–Trinajstić information content (AvgIpc) is 2.42. The van der Waals surface area contributed by atoms with E-state index in [1.54, 1.807) is 6.20 Å². The number of aromatic nitrogens is 2. The van der Waals surface area contributed by atoms with E-state index in [1.165, 1.54) is 5.56 Å². The van der Waals surface area contributed by atoms with E-state index in [0.717, 1.165) is 29.1 Å². The van der Waals surface area contributed by atoms with Crippen molar-refractivity contribution in [3.8, 4) is 0 Å². The summed E-state index contributed by atoms with van der Waals surface area (Å²) in [5.74, 6) is 0.789. The summed E-state index contributed by atoms with van der Waals surface area (Å²) in [6, 6.07) is 8.26. The Labute approximate surface area is 122 Å². The van der Waals surface area contributed by atoms with Crippen LogP contribution in [0.15, 0.2) is 41.1 Å². The number of anilines is 1. The van der Waals surface area contributed by atoms with Crippen LogP contribution in [0.5, 0.6) is 0 Å². The van der Waals surface area contributed by atoms with Gasteiger partial charge in [0.15, 0.2) is 0 Å². The van der Waals surface area contributed by atoms with Crippen LogP contribution >= 0.6 is 15.9 Å². The average molecular weight is 321 g/mol. The van der Waals surface area contributed by atoms with Crippen LogP contribution < -0.4 is 5.32 Å². The molecule has 0 aliphatic heterocycles. The largest absolute Gasteiger partial charge is 0.372 e. The van der Waals surface area contributed by atoms with E-state index in [2.05, 4.69) is 61.4 Å². The third-order valence-corrected chi connectivity index (χ3v) is 3.57. The molecule has 0 saturated heterocycles. The molecule has 2 rings (SSSR count). The van der Waals surface area contributed by atoms with E-state index in [0.29, 0.717) is 0 Å². The monoisotopic (exact) mass is 320 g/mol. The number of hydrogen-bond donors (Lipinski definition) is 1. The lowest BCUT2D eigenvalue weighted by Gasteiger charge is -2.17. The van der Waals surface area contributed by atoms with Crippen LogP contribution in [-0.2, 0) is 13.1 Å². The molecule has 19 heavy (non-hydrogen) atoms. The summed E-state index contributed by atoms with van der Waals surface area (Å²) in [5.41, 5.74) is 2.23. The van der Waals surface area contributed by atoms with Crippen LogP contribution in [0.4, 0.5) is 5.82 Å². The van der Waals surface area contributed by atoms with Gasteiger partial charge in [0.1, 0.15) is 5.82 Å². The Hall–Kier alpha value is -1.46. The summed E-state index contributed by atoms with van der Waals surface area (Å²) >= 11 is 3.57. The maximum Gasteiger partial charge on any atom is 0.144 e. The molecule has 0 bridgehead atoms. The Bertz CT molecular complexity index is 527. The Balaban J connectivity index is 1.97. The second-order valence-corrected chi connectivity index (χ2v) is 5.26. The minimum atomic E-state index is 0.776. The molecule has 0 radical (unpaired) electrons. The van der Waals surface area contributed by atoms with Gasteiger partial charge in [-0.2, -0.15) is 0 Å². The highest BCUT2D eigenvalue weighted by atomic mass is 79.9. The van der Waals surface area contributed by atoms with E-state index < -0.39 is 0 Å². The van der Waals surface area contributed by atoms with Crippen molar-refractivity contribution < 1.29 is 0 Å².